The molecule has 2 aromatic rings. The molecule has 0 saturated carbocycles. The average Bonchev–Trinajstić information content (AvgIpc) is 3.14. The monoisotopic (exact) mass is 326 g/mol. The zero-order chi connectivity index (χ0) is 17.1. The van der Waals surface area contributed by atoms with Gasteiger partial charge in [-0.1, -0.05) is 17.7 Å². The second-order valence-corrected chi connectivity index (χ2v) is 6.58. The molecule has 0 spiro atoms. The first-order valence-corrected chi connectivity index (χ1v) is 8.78. The topological polar surface area (TPSA) is 72.9 Å². The molecule has 1 aliphatic rings. The molecule has 5 heteroatoms. The van der Waals surface area contributed by atoms with E-state index >= 15 is 0 Å². The Morgan fingerprint density at radius 1 is 1.29 bits per heavy atom. The van der Waals surface area contributed by atoms with E-state index in [0.717, 1.165) is 43.4 Å². The molecule has 0 fully saturated rings. The number of nitrogens with zero attached hydrogens (tertiary/aromatic N) is 2. The number of fused-ring (bicyclic) bond motifs is 1. The second kappa shape index (κ2) is 7.18. The lowest BCUT2D eigenvalue weighted by Gasteiger charge is -2.09. The Morgan fingerprint density at radius 2 is 2.12 bits per heavy atom. The maximum absolute atomic E-state index is 12.5. The average molecular weight is 326 g/mol. The Labute approximate surface area is 143 Å². The number of aryl methyl sites for hydroxylation is 2. The van der Waals surface area contributed by atoms with E-state index in [2.05, 4.69) is 42.5 Å². The van der Waals surface area contributed by atoms with Crippen molar-refractivity contribution in [2.75, 3.05) is 13.1 Å². The van der Waals surface area contributed by atoms with E-state index in [0.29, 0.717) is 18.8 Å². The number of aromatic nitrogens is 2. The molecule has 1 heterocycles. The number of amides is 1. The zero-order valence-corrected chi connectivity index (χ0v) is 14.6. The fraction of sp³-hybridized carbons (Fsp3) is 0.474. The fourth-order valence-electron chi connectivity index (χ4n) is 3.42. The molecule has 3 rings (SSSR count). The third-order valence-corrected chi connectivity index (χ3v) is 4.64. The summed E-state index contributed by atoms with van der Waals surface area (Å²) < 4.78 is 1.98. The molecule has 0 saturated heterocycles. The predicted octanol–water partition coefficient (Wildman–Crippen LogP) is 2.45. The van der Waals surface area contributed by atoms with Gasteiger partial charge in [0.1, 0.15) is 0 Å². The third kappa shape index (κ3) is 3.22. The predicted molar refractivity (Wildman–Crippen MR) is 95.7 cm³/mol. The van der Waals surface area contributed by atoms with Crippen LogP contribution in [0.3, 0.4) is 0 Å². The molecule has 0 atom stereocenters. The molecule has 5 nitrogen and oxygen atoms in total. The van der Waals surface area contributed by atoms with E-state index in [1.807, 2.05) is 4.68 Å². The van der Waals surface area contributed by atoms with Crippen LogP contribution in [0.1, 0.15) is 52.1 Å². The molecule has 1 aromatic carbocycles. The minimum Gasteiger partial charge on any atom is -0.351 e. The first-order valence-electron chi connectivity index (χ1n) is 8.78. The van der Waals surface area contributed by atoms with Crippen LogP contribution in [0.2, 0.25) is 0 Å². The van der Waals surface area contributed by atoms with E-state index in [1.165, 1.54) is 16.8 Å². The number of carbonyl (C=O) groups excluding carboxylic acids is 1. The van der Waals surface area contributed by atoms with E-state index < -0.39 is 0 Å². The number of benzene rings is 1. The maximum Gasteiger partial charge on any atom is 0.272 e. The summed E-state index contributed by atoms with van der Waals surface area (Å²) in [5, 5.41) is 7.65. The minimum absolute atomic E-state index is 0.0614. The Balaban J connectivity index is 1.89. The smallest absolute Gasteiger partial charge is 0.272 e. The highest BCUT2D eigenvalue weighted by molar-refractivity contribution is 5.94. The summed E-state index contributed by atoms with van der Waals surface area (Å²) in [6, 6.07) is 6.35. The number of unbranched alkanes of at least 4 members (excludes halogenated alkanes) is 1. The summed E-state index contributed by atoms with van der Waals surface area (Å²) in [5.41, 5.74) is 11.9. The van der Waals surface area contributed by atoms with Crippen LogP contribution >= 0.6 is 0 Å². The zero-order valence-electron chi connectivity index (χ0n) is 14.6. The van der Waals surface area contributed by atoms with Gasteiger partial charge in [-0.15, -0.1) is 0 Å². The highest BCUT2D eigenvalue weighted by Gasteiger charge is 2.27. The first-order chi connectivity index (χ1) is 11.6. The maximum atomic E-state index is 12.5. The van der Waals surface area contributed by atoms with Crippen LogP contribution in [0.15, 0.2) is 18.2 Å². The summed E-state index contributed by atoms with van der Waals surface area (Å²) >= 11 is 0. The van der Waals surface area contributed by atoms with E-state index in [-0.39, 0.29) is 5.91 Å². The molecular formula is C19H26N4O. The fourth-order valence-corrected chi connectivity index (χ4v) is 3.42. The lowest BCUT2D eigenvalue weighted by atomic mass is 10.1. The van der Waals surface area contributed by atoms with Gasteiger partial charge >= 0.3 is 0 Å². The van der Waals surface area contributed by atoms with Crippen LogP contribution in [-0.4, -0.2) is 28.8 Å². The molecule has 0 radical (unpaired) electrons. The molecule has 0 bridgehead atoms. The van der Waals surface area contributed by atoms with Crippen LogP contribution in [0.4, 0.5) is 0 Å². The van der Waals surface area contributed by atoms with Crippen molar-refractivity contribution in [1.29, 1.82) is 0 Å². The van der Waals surface area contributed by atoms with E-state index in [4.69, 9.17) is 5.73 Å². The lowest BCUT2D eigenvalue weighted by molar-refractivity contribution is 0.0946. The van der Waals surface area contributed by atoms with Gasteiger partial charge in [-0.3, -0.25) is 4.79 Å². The summed E-state index contributed by atoms with van der Waals surface area (Å²) in [5.74, 6) is -0.0614. The molecule has 1 aliphatic carbocycles. The van der Waals surface area contributed by atoms with Crippen molar-refractivity contribution in [1.82, 2.24) is 15.1 Å². The third-order valence-electron chi connectivity index (χ3n) is 4.64. The Morgan fingerprint density at radius 3 is 2.88 bits per heavy atom. The Kier molecular flexibility index (Phi) is 5.00. The summed E-state index contributed by atoms with van der Waals surface area (Å²) in [4.78, 5) is 12.5. The molecule has 1 amide bonds. The van der Waals surface area contributed by atoms with Crippen LogP contribution in [-0.2, 0) is 12.8 Å². The van der Waals surface area contributed by atoms with Crippen molar-refractivity contribution in [3.05, 3.63) is 46.3 Å². The van der Waals surface area contributed by atoms with E-state index in [9.17, 15) is 4.79 Å². The van der Waals surface area contributed by atoms with Crippen molar-refractivity contribution in [2.24, 2.45) is 5.73 Å². The van der Waals surface area contributed by atoms with Gasteiger partial charge in [0, 0.05) is 17.8 Å². The molecule has 128 valence electrons. The Bertz CT molecular complexity index is 748. The molecule has 0 aliphatic heterocycles. The van der Waals surface area contributed by atoms with Gasteiger partial charge in [-0.25, -0.2) is 4.68 Å². The summed E-state index contributed by atoms with van der Waals surface area (Å²) in [6.07, 6.45) is 4.84. The van der Waals surface area contributed by atoms with Gasteiger partial charge in [0.25, 0.3) is 5.91 Å². The van der Waals surface area contributed by atoms with Crippen molar-refractivity contribution >= 4 is 5.91 Å². The summed E-state index contributed by atoms with van der Waals surface area (Å²) in [7, 11) is 0. The number of nitrogens with two attached hydrogens (primary N) is 1. The van der Waals surface area contributed by atoms with Crippen LogP contribution in [0.25, 0.3) is 5.69 Å². The van der Waals surface area contributed by atoms with E-state index in [1.54, 1.807) is 0 Å². The second-order valence-electron chi connectivity index (χ2n) is 6.58. The van der Waals surface area contributed by atoms with Gasteiger partial charge in [0.05, 0.1) is 5.69 Å². The largest absolute Gasteiger partial charge is 0.351 e. The van der Waals surface area contributed by atoms with Crippen LogP contribution < -0.4 is 11.1 Å². The van der Waals surface area contributed by atoms with Crippen LogP contribution in [0, 0.1) is 13.8 Å². The molecule has 3 N–H and O–H groups in total. The number of rotatable bonds is 6. The molecule has 1 aromatic heterocycles. The van der Waals surface area contributed by atoms with Gasteiger partial charge in [0.15, 0.2) is 5.69 Å². The molecular weight excluding hydrogens is 300 g/mol. The SMILES string of the molecule is Cc1ccc(-n2nc(C(=O)NCCCCN)c3c2CCC3)c(C)c1. The van der Waals surface area contributed by atoms with Crippen molar-refractivity contribution in [2.45, 2.75) is 46.0 Å². The van der Waals surface area contributed by atoms with Crippen LogP contribution in [0.5, 0.6) is 0 Å². The number of nitrogens with one attached hydrogen (secondary N) is 1. The summed E-state index contributed by atoms with van der Waals surface area (Å²) in [6.45, 7) is 5.50. The van der Waals surface area contributed by atoms with Crippen molar-refractivity contribution in [3.8, 4) is 5.69 Å². The number of hydrogen-bond donors (Lipinski definition) is 2. The van der Waals surface area contributed by atoms with Gasteiger partial charge < -0.3 is 11.1 Å². The van der Waals surface area contributed by atoms with Gasteiger partial charge in [0.2, 0.25) is 0 Å². The van der Waals surface area contributed by atoms with Gasteiger partial charge in [-0.2, -0.15) is 5.10 Å². The number of hydrogen-bond acceptors (Lipinski definition) is 3. The number of carbonyl (C=O) groups is 1. The molecule has 24 heavy (non-hydrogen) atoms. The molecule has 0 unspecified atom stereocenters. The Hall–Kier alpha value is -2.14. The highest BCUT2D eigenvalue weighted by Crippen LogP contribution is 2.29. The standard InChI is InChI=1S/C19H26N4O/c1-13-8-9-16(14(2)12-13)23-17-7-5-6-15(17)18(22-23)19(24)21-11-4-3-10-20/h8-9,12H,3-7,10-11,20H2,1-2H3,(H,21,24). The quantitative estimate of drug-likeness (QED) is 0.801. The first kappa shape index (κ1) is 16.7. The van der Waals surface area contributed by atoms with Gasteiger partial charge in [-0.05, 0) is 64.1 Å². The van der Waals surface area contributed by atoms with Crippen molar-refractivity contribution < 1.29 is 4.79 Å². The normalized spacial score (nSPS) is 13.1. The minimum atomic E-state index is -0.0614. The lowest BCUT2D eigenvalue weighted by Crippen LogP contribution is -2.26. The van der Waals surface area contributed by atoms with Crippen molar-refractivity contribution in [3.63, 3.8) is 0 Å². The highest BCUT2D eigenvalue weighted by atomic mass is 16.1.